The van der Waals surface area contributed by atoms with Crippen LogP contribution in [-0.4, -0.2) is 39.4 Å². The summed E-state index contributed by atoms with van der Waals surface area (Å²) in [4.78, 5) is 27.7. The lowest BCUT2D eigenvalue weighted by Crippen LogP contribution is -2.36. The molecule has 1 amide bonds. The zero-order chi connectivity index (χ0) is 13.8. The van der Waals surface area contributed by atoms with Crippen molar-refractivity contribution >= 4 is 11.7 Å². The van der Waals surface area contributed by atoms with Gasteiger partial charge in [0, 0.05) is 36.8 Å². The Hall–Kier alpha value is -2.31. The van der Waals surface area contributed by atoms with Crippen molar-refractivity contribution in [2.24, 2.45) is 10.9 Å². The van der Waals surface area contributed by atoms with Gasteiger partial charge in [-0.2, -0.15) is 0 Å². The predicted molar refractivity (Wildman–Crippen MR) is 69.1 cm³/mol. The van der Waals surface area contributed by atoms with Gasteiger partial charge in [0.15, 0.2) is 0 Å². The molecule has 1 aromatic heterocycles. The number of carbonyl (C=O) groups is 1. The third-order valence-corrected chi connectivity index (χ3v) is 3.01. The van der Waals surface area contributed by atoms with Crippen molar-refractivity contribution in [2.75, 3.05) is 6.54 Å². The van der Waals surface area contributed by atoms with Crippen molar-refractivity contribution in [2.45, 2.75) is 25.3 Å². The van der Waals surface area contributed by atoms with Gasteiger partial charge in [0.1, 0.15) is 5.84 Å². The van der Waals surface area contributed by atoms with Gasteiger partial charge in [-0.1, -0.05) is 5.16 Å². The molecule has 1 saturated carbocycles. The third-order valence-electron chi connectivity index (χ3n) is 3.01. The first kappa shape index (κ1) is 13.1. The van der Waals surface area contributed by atoms with E-state index in [0.717, 1.165) is 12.8 Å². The van der Waals surface area contributed by atoms with Gasteiger partial charge in [-0.3, -0.25) is 9.59 Å². The molecular weight excluding hydrogens is 248 g/mol. The maximum absolute atomic E-state index is 12.3. The lowest BCUT2D eigenvalue weighted by atomic mass is 10.2. The monoisotopic (exact) mass is 264 g/mol. The van der Waals surface area contributed by atoms with Gasteiger partial charge in [0.25, 0.3) is 5.91 Å². The van der Waals surface area contributed by atoms with Gasteiger partial charge in [0.05, 0.1) is 0 Å². The maximum Gasteiger partial charge on any atom is 0.254 e. The number of nitrogens with zero attached hydrogens (tertiary/aromatic N) is 2. The summed E-state index contributed by atoms with van der Waals surface area (Å²) in [5, 5.41) is 11.4. The molecule has 7 nitrogen and oxygen atoms in total. The number of aromatic amines is 1. The molecule has 0 aliphatic heterocycles. The SMILES string of the molecule is N/C(CCN(C(=O)c1cc[nH]c(=O)c1)C1CC1)=N/O. The van der Waals surface area contributed by atoms with Crippen molar-refractivity contribution in [1.29, 1.82) is 0 Å². The van der Waals surface area contributed by atoms with Crippen LogP contribution in [0.2, 0.25) is 0 Å². The number of aromatic nitrogens is 1. The molecule has 1 aliphatic carbocycles. The number of amidine groups is 1. The molecule has 0 unspecified atom stereocenters. The number of amides is 1. The molecule has 0 bridgehead atoms. The summed E-state index contributed by atoms with van der Waals surface area (Å²) in [6, 6.07) is 3.04. The number of H-pyrrole nitrogens is 1. The van der Waals surface area contributed by atoms with E-state index in [2.05, 4.69) is 10.1 Å². The van der Waals surface area contributed by atoms with Crippen LogP contribution in [0.15, 0.2) is 28.3 Å². The standard InChI is InChI=1S/C12H16N4O3/c13-10(15-19)4-6-16(9-1-2-9)12(18)8-3-5-14-11(17)7-8/h3,5,7,9,19H,1-2,4,6H2,(H2,13,15)(H,14,17). The molecule has 7 heteroatoms. The Kier molecular flexibility index (Phi) is 3.84. The second kappa shape index (κ2) is 5.55. The van der Waals surface area contributed by atoms with Crippen molar-refractivity contribution in [3.63, 3.8) is 0 Å². The van der Waals surface area contributed by atoms with Gasteiger partial charge in [0.2, 0.25) is 5.56 Å². The number of pyridine rings is 1. The van der Waals surface area contributed by atoms with Crippen molar-refractivity contribution in [1.82, 2.24) is 9.88 Å². The summed E-state index contributed by atoms with van der Waals surface area (Å²) >= 11 is 0. The topological polar surface area (TPSA) is 112 Å². The second-order valence-corrected chi connectivity index (χ2v) is 4.51. The zero-order valence-corrected chi connectivity index (χ0v) is 10.4. The highest BCUT2D eigenvalue weighted by molar-refractivity contribution is 5.94. The van der Waals surface area contributed by atoms with Crippen molar-refractivity contribution in [3.8, 4) is 0 Å². The highest BCUT2D eigenvalue weighted by Crippen LogP contribution is 2.28. The van der Waals surface area contributed by atoms with Gasteiger partial charge < -0.3 is 20.8 Å². The molecule has 0 spiro atoms. The minimum atomic E-state index is -0.307. The number of hydrogen-bond donors (Lipinski definition) is 3. The van der Waals surface area contributed by atoms with Crippen LogP contribution in [0.4, 0.5) is 0 Å². The first-order valence-corrected chi connectivity index (χ1v) is 6.08. The molecule has 1 heterocycles. The van der Waals surface area contributed by atoms with E-state index in [0.29, 0.717) is 18.5 Å². The summed E-state index contributed by atoms with van der Waals surface area (Å²) in [7, 11) is 0. The van der Waals surface area contributed by atoms with Crippen LogP contribution in [0.25, 0.3) is 0 Å². The Labute approximate surface area is 109 Å². The summed E-state index contributed by atoms with van der Waals surface area (Å²) < 4.78 is 0. The van der Waals surface area contributed by atoms with Gasteiger partial charge in [-0.25, -0.2) is 0 Å². The summed E-state index contributed by atoms with van der Waals surface area (Å²) in [6.07, 6.45) is 3.66. The molecular formula is C12H16N4O3. The molecule has 0 atom stereocenters. The van der Waals surface area contributed by atoms with E-state index < -0.39 is 0 Å². The Balaban J connectivity index is 2.10. The Morgan fingerprint density at radius 3 is 2.89 bits per heavy atom. The van der Waals surface area contributed by atoms with Gasteiger partial charge in [-0.05, 0) is 18.9 Å². The number of rotatable bonds is 5. The van der Waals surface area contributed by atoms with Crippen LogP contribution in [0.1, 0.15) is 29.6 Å². The normalized spacial score (nSPS) is 15.3. The molecule has 0 saturated heterocycles. The van der Waals surface area contributed by atoms with Crippen LogP contribution >= 0.6 is 0 Å². The van der Waals surface area contributed by atoms with Crippen LogP contribution in [0, 0.1) is 0 Å². The highest BCUT2D eigenvalue weighted by Gasteiger charge is 2.32. The van der Waals surface area contributed by atoms with Crippen LogP contribution in [0.5, 0.6) is 0 Å². The first-order valence-electron chi connectivity index (χ1n) is 6.08. The van der Waals surface area contributed by atoms with Crippen LogP contribution < -0.4 is 11.3 Å². The lowest BCUT2D eigenvalue weighted by molar-refractivity contribution is 0.0747. The fourth-order valence-electron chi connectivity index (χ4n) is 1.86. The number of nitrogens with two attached hydrogens (primary N) is 1. The molecule has 19 heavy (non-hydrogen) atoms. The minimum Gasteiger partial charge on any atom is -0.409 e. The van der Waals surface area contributed by atoms with E-state index >= 15 is 0 Å². The number of carbonyl (C=O) groups excluding carboxylic acids is 1. The fraction of sp³-hybridized carbons (Fsp3) is 0.417. The highest BCUT2D eigenvalue weighted by atomic mass is 16.4. The number of nitrogens with one attached hydrogen (secondary N) is 1. The molecule has 0 aromatic carbocycles. The lowest BCUT2D eigenvalue weighted by Gasteiger charge is -2.22. The predicted octanol–water partition coefficient (Wildman–Crippen LogP) is 0.116. The van der Waals surface area contributed by atoms with Crippen LogP contribution in [-0.2, 0) is 0 Å². The molecule has 0 radical (unpaired) electrons. The molecule has 1 aromatic rings. The quantitative estimate of drug-likeness (QED) is 0.303. The smallest absolute Gasteiger partial charge is 0.254 e. The number of oxime groups is 1. The number of hydrogen-bond acceptors (Lipinski definition) is 4. The fourth-order valence-corrected chi connectivity index (χ4v) is 1.86. The van der Waals surface area contributed by atoms with Crippen molar-refractivity contribution in [3.05, 3.63) is 34.2 Å². The van der Waals surface area contributed by atoms with E-state index in [1.807, 2.05) is 0 Å². The minimum absolute atomic E-state index is 0.0874. The van der Waals surface area contributed by atoms with E-state index in [4.69, 9.17) is 10.9 Å². The Morgan fingerprint density at radius 2 is 2.32 bits per heavy atom. The van der Waals surface area contributed by atoms with E-state index in [9.17, 15) is 9.59 Å². The molecule has 1 fully saturated rings. The zero-order valence-electron chi connectivity index (χ0n) is 10.4. The largest absolute Gasteiger partial charge is 0.409 e. The molecule has 2 rings (SSSR count). The molecule has 1 aliphatic rings. The molecule has 4 N–H and O–H groups in total. The van der Waals surface area contributed by atoms with E-state index in [1.54, 1.807) is 11.0 Å². The average Bonchev–Trinajstić information content (AvgIpc) is 3.23. The average molecular weight is 264 g/mol. The Morgan fingerprint density at radius 1 is 1.58 bits per heavy atom. The third kappa shape index (κ3) is 3.34. The maximum atomic E-state index is 12.3. The second-order valence-electron chi connectivity index (χ2n) is 4.51. The summed E-state index contributed by atoms with van der Waals surface area (Å²) in [5.74, 6) is -0.108. The summed E-state index contributed by atoms with van der Waals surface area (Å²) in [6.45, 7) is 0.381. The van der Waals surface area contributed by atoms with Gasteiger partial charge in [-0.15, -0.1) is 0 Å². The first-order chi connectivity index (χ1) is 9.11. The Bertz CT molecular complexity index is 548. The van der Waals surface area contributed by atoms with Gasteiger partial charge >= 0.3 is 0 Å². The molecule has 102 valence electrons. The van der Waals surface area contributed by atoms with E-state index in [1.165, 1.54) is 12.3 Å². The van der Waals surface area contributed by atoms with E-state index in [-0.39, 0.29) is 23.3 Å². The van der Waals surface area contributed by atoms with Crippen molar-refractivity contribution < 1.29 is 10.0 Å². The summed E-state index contributed by atoms with van der Waals surface area (Å²) in [5.41, 5.74) is 5.46. The van der Waals surface area contributed by atoms with Crippen LogP contribution in [0.3, 0.4) is 0 Å².